The summed E-state index contributed by atoms with van der Waals surface area (Å²) in [5.41, 5.74) is 4.40. The minimum absolute atomic E-state index is 0.0298. The van der Waals surface area contributed by atoms with Crippen LogP contribution in [0.1, 0.15) is 45.3 Å². The number of phenolic OH excluding ortho intramolecular Hbond substituents is 1. The van der Waals surface area contributed by atoms with Crippen molar-refractivity contribution in [2.45, 2.75) is 50.9 Å². The van der Waals surface area contributed by atoms with Crippen LogP contribution in [0.5, 0.6) is 5.75 Å². The van der Waals surface area contributed by atoms with E-state index in [9.17, 15) is 20.4 Å². The molecule has 0 aromatic heterocycles. The summed E-state index contributed by atoms with van der Waals surface area (Å²) in [6.07, 6.45) is 0.258. The van der Waals surface area contributed by atoms with Crippen molar-refractivity contribution in [3.05, 3.63) is 107 Å². The van der Waals surface area contributed by atoms with Crippen molar-refractivity contribution in [2.24, 2.45) is 0 Å². The van der Waals surface area contributed by atoms with Gasteiger partial charge in [-0.25, -0.2) is 0 Å². The highest BCUT2D eigenvalue weighted by Crippen LogP contribution is 2.37. The summed E-state index contributed by atoms with van der Waals surface area (Å²) < 4.78 is 6.96. The Morgan fingerprint density at radius 1 is 0.974 bits per heavy atom. The summed E-state index contributed by atoms with van der Waals surface area (Å²) in [6.45, 7) is 6.41. The van der Waals surface area contributed by atoms with Gasteiger partial charge in [-0.2, -0.15) is 0 Å². The van der Waals surface area contributed by atoms with Gasteiger partial charge < -0.3 is 24.9 Å². The molecule has 0 aliphatic rings. The largest absolute Gasteiger partial charge is 0.508 e. The molecule has 3 rings (SSSR count). The molecule has 0 aliphatic carbocycles. The van der Waals surface area contributed by atoms with E-state index in [1.165, 1.54) is 12.1 Å². The summed E-state index contributed by atoms with van der Waals surface area (Å²) in [6, 6.07) is 25.0. The first-order valence-electron chi connectivity index (χ1n) is 12.7. The lowest BCUT2D eigenvalue weighted by Crippen LogP contribution is -2.66. The third-order valence-corrected chi connectivity index (χ3v) is 11.9. The standard InChI is InChI=1S/C31H37ClO5Si/c1-31(2,3)38(26-12-6-4-7-13-26,27-14-8-5-9-15-27)37-22-23(19-25(35)21-33)11-10-16-30(36)28-18-17-24(34)20-29(28)32/h4-10,12-15,17-18,20,25,30,33-36H,16,19,21-22H2,1-3H3/t11?,25-,30-/m1/s1. The summed E-state index contributed by atoms with van der Waals surface area (Å²) >= 11 is 6.18. The molecule has 2 atom stereocenters. The molecule has 7 heteroatoms. The Balaban J connectivity index is 1.97. The molecule has 0 aliphatic heterocycles. The fourth-order valence-corrected chi connectivity index (χ4v) is 9.54. The highest BCUT2D eigenvalue weighted by atomic mass is 35.5. The zero-order valence-electron chi connectivity index (χ0n) is 22.1. The van der Waals surface area contributed by atoms with Crippen molar-refractivity contribution >= 4 is 30.3 Å². The smallest absolute Gasteiger partial charge is 0.261 e. The number of hydrogen-bond donors (Lipinski definition) is 4. The first-order valence-corrected chi connectivity index (χ1v) is 15.0. The topological polar surface area (TPSA) is 90.2 Å². The second-order valence-electron chi connectivity index (χ2n) is 10.4. The molecular weight excluding hydrogens is 516 g/mol. The van der Waals surface area contributed by atoms with E-state index in [0.717, 1.165) is 10.4 Å². The quantitative estimate of drug-likeness (QED) is 0.201. The summed E-state index contributed by atoms with van der Waals surface area (Å²) in [5.74, 6) is 0.0298. The molecule has 4 N–H and O–H groups in total. The van der Waals surface area contributed by atoms with E-state index in [2.05, 4.69) is 50.8 Å². The summed E-state index contributed by atoms with van der Waals surface area (Å²) in [5, 5.41) is 42.3. The zero-order chi connectivity index (χ0) is 27.8. The maximum absolute atomic E-state index is 10.6. The highest BCUT2D eigenvalue weighted by molar-refractivity contribution is 6.99. The third-order valence-electron chi connectivity index (χ3n) is 6.56. The van der Waals surface area contributed by atoms with Crippen LogP contribution in [-0.4, -0.2) is 48.1 Å². The monoisotopic (exact) mass is 552 g/mol. The molecular formula is C31H37ClO5Si. The molecule has 0 amide bonds. The average Bonchev–Trinajstić information content (AvgIpc) is 2.89. The van der Waals surface area contributed by atoms with E-state index in [1.54, 1.807) is 12.1 Å². The van der Waals surface area contributed by atoms with E-state index in [1.807, 2.05) is 36.4 Å². The fourth-order valence-electron chi connectivity index (χ4n) is 4.69. The van der Waals surface area contributed by atoms with Crippen molar-refractivity contribution in [2.75, 3.05) is 13.2 Å². The van der Waals surface area contributed by atoms with E-state index in [0.29, 0.717) is 11.1 Å². The summed E-state index contributed by atoms with van der Waals surface area (Å²) in [4.78, 5) is 0. The van der Waals surface area contributed by atoms with Gasteiger partial charge in [0, 0.05) is 12.8 Å². The van der Waals surface area contributed by atoms with Crippen LogP contribution in [0.4, 0.5) is 0 Å². The van der Waals surface area contributed by atoms with Crippen LogP contribution in [0.25, 0.3) is 0 Å². The third kappa shape index (κ3) is 7.25. The van der Waals surface area contributed by atoms with Crippen LogP contribution in [0.15, 0.2) is 96.2 Å². The molecule has 0 saturated heterocycles. The number of hydrogen-bond acceptors (Lipinski definition) is 5. The number of aromatic hydroxyl groups is 1. The number of benzene rings is 3. The lowest BCUT2D eigenvalue weighted by atomic mass is 10.1. The van der Waals surface area contributed by atoms with Gasteiger partial charge in [0.25, 0.3) is 8.32 Å². The SMILES string of the molecule is CC(C)(C)[Si](OCC(=C=CC[C@@H](O)c1ccc(O)cc1Cl)C[C@@H](O)CO)(c1ccccc1)c1ccccc1. The lowest BCUT2D eigenvalue weighted by Gasteiger charge is -2.43. The van der Waals surface area contributed by atoms with E-state index in [4.69, 9.17) is 16.0 Å². The van der Waals surface area contributed by atoms with E-state index >= 15 is 0 Å². The molecule has 0 heterocycles. The Hall–Kier alpha value is -2.67. The molecule has 0 spiro atoms. The molecule has 3 aromatic carbocycles. The Bertz CT molecular complexity index is 1190. The van der Waals surface area contributed by atoms with Crippen LogP contribution in [0.2, 0.25) is 10.1 Å². The van der Waals surface area contributed by atoms with Crippen LogP contribution in [0, 0.1) is 0 Å². The minimum Gasteiger partial charge on any atom is -0.508 e. The molecule has 0 fully saturated rings. The molecule has 0 saturated carbocycles. The Labute approximate surface area is 231 Å². The molecule has 3 aromatic rings. The number of rotatable bonds is 11. The van der Waals surface area contributed by atoms with Gasteiger partial charge in [-0.15, -0.1) is 5.73 Å². The van der Waals surface area contributed by atoms with Gasteiger partial charge in [0.15, 0.2) is 0 Å². The molecule has 202 valence electrons. The first kappa shape index (κ1) is 29.9. The number of phenols is 1. The van der Waals surface area contributed by atoms with Gasteiger partial charge >= 0.3 is 0 Å². The second kappa shape index (κ2) is 13.4. The Kier molecular flexibility index (Phi) is 10.5. The van der Waals surface area contributed by atoms with Crippen molar-refractivity contribution in [3.8, 4) is 5.75 Å². The first-order chi connectivity index (χ1) is 18.1. The van der Waals surface area contributed by atoms with Gasteiger partial charge in [-0.1, -0.05) is 99.1 Å². The maximum Gasteiger partial charge on any atom is 0.261 e. The van der Waals surface area contributed by atoms with E-state index in [-0.39, 0.29) is 41.9 Å². The van der Waals surface area contributed by atoms with Gasteiger partial charge in [-0.05, 0) is 44.8 Å². The zero-order valence-corrected chi connectivity index (χ0v) is 23.9. The second-order valence-corrected chi connectivity index (χ2v) is 15.1. The van der Waals surface area contributed by atoms with Crippen LogP contribution in [-0.2, 0) is 4.43 Å². The molecule has 5 nitrogen and oxygen atoms in total. The Morgan fingerprint density at radius 2 is 1.55 bits per heavy atom. The summed E-state index contributed by atoms with van der Waals surface area (Å²) in [7, 11) is -2.81. The van der Waals surface area contributed by atoms with Crippen molar-refractivity contribution in [3.63, 3.8) is 0 Å². The van der Waals surface area contributed by atoms with Gasteiger partial charge in [-0.3, -0.25) is 0 Å². The van der Waals surface area contributed by atoms with Gasteiger partial charge in [0.05, 0.1) is 30.4 Å². The van der Waals surface area contributed by atoms with E-state index < -0.39 is 20.5 Å². The minimum atomic E-state index is -2.81. The average molecular weight is 553 g/mol. The normalized spacial score (nSPS) is 13.4. The number of aliphatic hydroxyl groups excluding tert-OH is 3. The lowest BCUT2D eigenvalue weighted by molar-refractivity contribution is 0.0933. The van der Waals surface area contributed by atoms with Crippen molar-refractivity contribution in [1.82, 2.24) is 0 Å². The van der Waals surface area contributed by atoms with Crippen molar-refractivity contribution < 1.29 is 24.9 Å². The molecule has 0 unspecified atom stereocenters. The fraction of sp³-hybridized carbons (Fsp3) is 0.323. The van der Waals surface area contributed by atoms with Crippen LogP contribution < -0.4 is 10.4 Å². The molecule has 0 radical (unpaired) electrons. The number of aliphatic hydroxyl groups is 3. The molecule has 0 bridgehead atoms. The predicted octanol–water partition coefficient (Wildman–Crippen LogP) is 4.87. The van der Waals surface area contributed by atoms with Crippen molar-refractivity contribution in [1.29, 1.82) is 0 Å². The van der Waals surface area contributed by atoms with Gasteiger partial charge in [0.2, 0.25) is 0 Å². The van der Waals surface area contributed by atoms with Crippen LogP contribution in [0.3, 0.4) is 0 Å². The van der Waals surface area contributed by atoms with Gasteiger partial charge in [0.1, 0.15) is 5.75 Å². The maximum atomic E-state index is 10.6. The molecule has 38 heavy (non-hydrogen) atoms. The highest BCUT2D eigenvalue weighted by Gasteiger charge is 2.50. The number of halogens is 1. The van der Waals surface area contributed by atoms with Crippen LogP contribution >= 0.6 is 11.6 Å². The predicted molar refractivity (Wildman–Crippen MR) is 156 cm³/mol. The Morgan fingerprint density at radius 3 is 2.05 bits per heavy atom.